The second-order valence-corrected chi connectivity index (χ2v) is 6.62. The standard InChI is InChI=1S/C16H16Br2N2O2/c1-20(2)13-6-4-12(5-7-13)19-16(21)10-22-15-8-3-11(17)9-14(15)18/h3-9H,10H2,1-2H3,(H,19,21). The van der Waals surface area contributed by atoms with Crippen LogP contribution >= 0.6 is 31.9 Å². The van der Waals surface area contributed by atoms with E-state index in [4.69, 9.17) is 4.74 Å². The zero-order valence-corrected chi connectivity index (χ0v) is 15.4. The number of amides is 1. The summed E-state index contributed by atoms with van der Waals surface area (Å²) in [4.78, 5) is 13.9. The van der Waals surface area contributed by atoms with Gasteiger partial charge in [-0.05, 0) is 58.4 Å². The minimum atomic E-state index is -0.201. The Morgan fingerprint density at radius 3 is 2.41 bits per heavy atom. The first-order valence-corrected chi connectivity index (χ1v) is 8.19. The summed E-state index contributed by atoms with van der Waals surface area (Å²) in [6, 6.07) is 13.1. The first-order chi connectivity index (χ1) is 10.5. The Bertz CT molecular complexity index is 658. The molecular formula is C16H16Br2N2O2. The lowest BCUT2D eigenvalue weighted by atomic mass is 10.2. The average Bonchev–Trinajstić information content (AvgIpc) is 2.47. The van der Waals surface area contributed by atoms with Gasteiger partial charge in [0, 0.05) is 29.9 Å². The minimum Gasteiger partial charge on any atom is -0.483 e. The van der Waals surface area contributed by atoms with Gasteiger partial charge in [-0.3, -0.25) is 4.79 Å². The fourth-order valence-electron chi connectivity index (χ4n) is 1.78. The van der Waals surface area contributed by atoms with Crippen molar-refractivity contribution in [2.24, 2.45) is 0 Å². The number of rotatable bonds is 5. The van der Waals surface area contributed by atoms with Gasteiger partial charge in [-0.1, -0.05) is 15.9 Å². The number of nitrogens with zero attached hydrogens (tertiary/aromatic N) is 1. The van der Waals surface area contributed by atoms with Crippen molar-refractivity contribution in [3.05, 3.63) is 51.4 Å². The van der Waals surface area contributed by atoms with Crippen LogP contribution in [0.2, 0.25) is 0 Å². The maximum Gasteiger partial charge on any atom is 0.262 e. The molecule has 2 aromatic carbocycles. The molecule has 116 valence electrons. The van der Waals surface area contributed by atoms with Crippen LogP contribution in [-0.2, 0) is 4.79 Å². The maximum atomic E-state index is 11.9. The molecule has 0 saturated heterocycles. The lowest BCUT2D eigenvalue weighted by molar-refractivity contribution is -0.118. The number of halogens is 2. The minimum absolute atomic E-state index is 0.0460. The molecular weight excluding hydrogens is 412 g/mol. The van der Waals surface area contributed by atoms with E-state index in [1.165, 1.54) is 0 Å². The van der Waals surface area contributed by atoms with Crippen molar-refractivity contribution in [3.8, 4) is 5.75 Å². The molecule has 0 aliphatic heterocycles. The lowest BCUT2D eigenvalue weighted by Crippen LogP contribution is -2.20. The van der Waals surface area contributed by atoms with Crippen molar-refractivity contribution in [1.82, 2.24) is 0 Å². The molecule has 1 N–H and O–H groups in total. The van der Waals surface area contributed by atoms with Gasteiger partial charge in [-0.2, -0.15) is 0 Å². The van der Waals surface area contributed by atoms with Crippen molar-refractivity contribution in [2.45, 2.75) is 0 Å². The van der Waals surface area contributed by atoms with E-state index in [1.807, 2.05) is 55.4 Å². The molecule has 0 unspecified atom stereocenters. The first kappa shape index (κ1) is 16.8. The quantitative estimate of drug-likeness (QED) is 0.773. The summed E-state index contributed by atoms with van der Waals surface area (Å²) in [5.41, 5.74) is 1.82. The molecule has 1 amide bonds. The summed E-state index contributed by atoms with van der Waals surface area (Å²) in [6.45, 7) is -0.0460. The van der Waals surface area contributed by atoms with Gasteiger partial charge in [-0.25, -0.2) is 0 Å². The third-order valence-corrected chi connectivity index (χ3v) is 4.03. The van der Waals surface area contributed by atoms with Gasteiger partial charge in [-0.15, -0.1) is 0 Å². The average molecular weight is 428 g/mol. The predicted octanol–water partition coefficient (Wildman–Crippen LogP) is 4.30. The van der Waals surface area contributed by atoms with E-state index < -0.39 is 0 Å². The Morgan fingerprint density at radius 2 is 1.82 bits per heavy atom. The van der Waals surface area contributed by atoms with Crippen LogP contribution in [0.3, 0.4) is 0 Å². The van der Waals surface area contributed by atoms with E-state index in [0.717, 1.165) is 20.3 Å². The number of anilines is 2. The van der Waals surface area contributed by atoms with Crippen LogP contribution in [0.15, 0.2) is 51.4 Å². The zero-order chi connectivity index (χ0) is 16.1. The van der Waals surface area contributed by atoms with Crippen molar-refractivity contribution < 1.29 is 9.53 Å². The Morgan fingerprint density at radius 1 is 1.14 bits per heavy atom. The fourth-order valence-corrected chi connectivity index (χ4v) is 2.94. The summed E-state index contributed by atoms with van der Waals surface area (Å²) >= 11 is 6.76. The molecule has 0 atom stereocenters. The van der Waals surface area contributed by atoms with Gasteiger partial charge < -0.3 is 15.0 Å². The second kappa shape index (κ2) is 7.65. The van der Waals surface area contributed by atoms with Crippen molar-refractivity contribution in [2.75, 3.05) is 30.9 Å². The van der Waals surface area contributed by atoms with Crippen LogP contribution in [0.1, 0.15) is 0 Å². The van der Waals surface area contributed by atoms with Gasteiger partial charge in [0.1, 0.15) is 5.75 Å². The highest BCUT2D eigenvalue weighted by Crippen LogP contribution is 2.28. The number of hydrogen-bond acceptors (Lipinski definition) is 3. The van der Waals surface area contributed by atoms with Crippen LogP contribution in [-0.4, -0.2) is 26.6 Å². The van der Waals surface area contributed by atoms with Crippen molar-refractivity contribution in [3.63, 3.8) is 0 Å². The highest BCUT2D eigenvalue weighted by molar-refractivity contribution is 9.11. The summed E-state index contributed by atoms with van der Waals surface area (Å²) in [5.74, 6) is 0.425. The normalized spacial score (nSPS) is 10.2. The molecule has 0 heterocycles. The zero-order valence-electron chi connectivity index (χ0n) is 12.3. The van der Waals surface area contributed by atoms with Crippen LogP contribution < -0.4 is 15.0 Å². The molecule has 6 heteroatoms. The molecule has 0 fully saturated rings. The number of carbonyl (C=O) groups excluding carboxylic acids is 1. The van der Waals surface area contributed by atoms with Crippen molar-refractivity contribution >= 4 is 49.1 Å². The highest BCUT2D eigenvalue weighted by Gasteiger charge is 2.07. The van der Waals surface area contributed by atoms with E-state index in [9.17, 15) is 4.79 Å². The Labute approximate surface area is 146 Å². The Kier molecular flexibility index (Phi) is 5.85. The summed E-state index contributed by atoms with van der Waals surface area (Å²) in [6.07, 6.45) is 0. The van der Waals surface area contributed by atoms with Gasteiger partial charge in [0.25, 0.3) is 5.91 Å². The molecule has 0 aliphatic rings. The number of ether oxygens (including phenoxy) is 1. The Balaban J connectivity index is 1.90. The maximum absolute atomic E-state index is 11.9. The summed E-state index contributed by atoms with van der Waals surface area (Å²) in [7, 11) is 3.94. The van der Waals surface area contributed by atoms with Crippen LogP contribution in [0.25, 0.3) is 0 Å². The molecule has 0 aromatic heterocycles. The van der Waals surface area contributed by atoms with Gasteiger partial charge in [0.15, 0.2) is 6.61 Å². The lowest BCUT2D eigenvalue weighted by Gasteiger charge is -2.13. The number of hydrogen-bond donors (Lipinski definition) is 1. The van der Waals surface area contributed by atoms with Gasteiger partial charge >= 0.3 is 0 Å². The smallest absolute Gasteiger partial charge is 0.262 e. The number of benzene rings is 2. The number of nitrogens with one attached hydrogen (secondary N) is 1. The third kappa shape index (κ3) is 4.74. The van der Waals surface area contributed by atoms with E-state index in [1.54, 1.807) is 6.07 Å². The first-order valence-electron chi connectivity index (χ1n) is 6.61. The van der Waals surface area contributed by atoms with E-state index in [-0.39, 0.29) is 12.5 Å². The van der Waals surface area contributed by atoms with E-state index in [2.05, 4.69) is 37.2 Å². The molecule has 2 aromatic rings. The fraction of sp³-hybridized carbons (Fsp3) is 0.188. The third-order valence-electron chi connectivity index (χ3n) is 2.92. The SMILES string of the molecule is CN(C)c1ccc(NC(=O)COc2ccc(Br)cc2Br)cc1. The molecule has 22 heavy (non-hydrogen) atoms. The molecule has 0 spiro atoms. The highest BCUT2D eigenvalue weighted by atomic mass is 79.9. The second-order valence-electron chi connectivity index (χ2n) is 4.85. The van der Waals surface area contributed by atoms with E-state index >= 15 is 0 Å². The van der Waals surface area contributed by atoms with Crippen LogP contribution in [0.5, 0.6) is 5.75 Å². The van der Waals surface area contributed by atoms with E-state index in [0.29, 0.717) is 5.75 Å². The molecule has 0 aliphatic carbocycles. The topological polar surface area (TPSA) is 41.6 Å². The van der Waals surface area contributed by atoms with Crippen LogP contribution in [0.4, 0.5) is 11.4 Å². The number of carbonyl (C=O) groups is 1. The van der Waals surface area contributed by atoms with Crippen molar-refractivity contribution in [1.29, 1.82) is 0 Å². The molecule has 0 saturated carbocycles. The Hall–Kier alpha value is -1.53. The largest absolute Gasteiger partial charge is 0.483 e. The molecule has 0 radical (unpaired) electrons. The van der Waals surface area contributed by atoms with Gasteiger partial charge in [0.05, 0.1) is 4.47 Å². The summed E-state index contributed by atoms with van der Waals surface area (Å²) in [5, 5.41) is 2.80. The predicted molar refractivity (Wildman–Crippen MR) is 96.7 cm³/mol. The molecule has 0 bridgehead atoms. The molecule has 4 nitrogen and oxygen atoms in total. The van der Waals surface area contributed by atoms with Crippen LogP contribution in [0, 0.1) is 0 Å². The molecule has 2 rings (SSSR count). The monoisotopic (exact) mass is 426 g/mol. The van der Waals surface area contributed by atoms with Gasteiger partial charge in [0.2, 0.25) is 0 Å². The summed E-state index contributed by atoms with van der Waals surface area (Å²) < 4.78 is 7.24.